The number of nitrogens with zero attached hydrogens (tertiary/aromatic N) is 2. The molecule has 5 rings (SSSR count). The molecule has 1 aliphatic carbocycles. The molecule has 2 amide bonds. The van der Waals surface area contributed by atoms with Crippen LogP contribution in [0.25, 0.3) is 0 Å². The van der Waals surface area contributed by atoms with Crippen LogP contribution in [0.4, 0.5) is 16.4 Å². The molecule has 150 valence electrons. The summed E-state index contributed by atoms with van der Waals surface area (Å²) in [5, 5.41) is 3.63. The van der Waals surface area contributed by atoms with Crippen LogP contribution in [0.1, 0.15) is 39.2 Å². The lowest BCUT2D eigenvalue weighted by molar-refractivity contribution is -0.111. The Morgan fingerprint density at radius 3 is 2.60 bits per heavy atom. The van der Waals surface area contributed by atoms with Crippen LogP contribution in [0.15, 0.2) is 59.6 Å². The van der Waals surface area contributed by atoms with E-state index >= 15 is 0 Å². The third kappa shape index (κ3) is 3.13. The van der Waals surface area contributed by atoms with Gasteiger partial charge in [-0.2, -0.15) is 0 Å². The van der Waals surface area contributed by atoms with E-state index in [0.29, 0.717) is 16.3 Å². The lowest BCUT2D eigenvalue weighted by Crippen LogP contribution is -2.25. The minimum Gasteiger partial charge on any atom is -0.322 e. The van der Waals surface area contributed by atoms with Crippen LogP contribution >= 0.6 is 11.3 Å². The molecule has 0 unspecified atom stereocenters. The normalized spacial score (nSPS) is 16.5. The number of carbonyl (C=O) groups is 2. The lowest BCUT2D eigenvalue weighted by Gasteiger charge is -2.12. The summed E-state index contributed by atoms with van der Waals surface area (Å²) in [6.07, 6.45) is 4.02. The topological polar surface area (TPSA) is 61.8 Å². The first kappa shape index (κ1) is 18.8. The van der Waals surface area contributed by atoms with Crippen molar-refractivity contribution in [2.75, 3.05) is 17.3 Å². The molecule has 0 atom stereocenters. The number of carbonyl (C=O) groups excluding carboxylic acids is 2. The Morgan fingerprint density at radius 1 is 1.03 bits per heavy atom. The number of fused-ring (bicyclic) bond motifs is 2. The summed E-state index contributed by atoms with van der Waals surface area (Å²) in [5.41, 5.74) is 4.51. The summed E-state index contributed by atoms with van der Waals surface area (Å²) < 4.78 is 0. The Hall–Kier alpha value is -3.25. The van der Waals surface area contributed by atoms with Gasteiger partial charge in [-0.1, -0.05) is 36.4 Å². The van der Waals surface area contributed by atoms with Crippen molar-refractivity contribution in [1.82, 2.24) is 0 Å². The molecule has 0 spiro atoms. The van der Waals surface area contributed by atoms with Crippen molar-refractivity contribution in [3.8, 4) is 0 Å². The van der Waals surface area contributed by atoms with Crippen molar-refractivity contribution in [3.05, 3.63) is 76.2 Å². The van der Waals surface area contributed by atoms with Crippen LogP contribution in [0.2, 0.25) is 0 Å². The van der Waals surface area contributed by atoms with Gasteiger partial charge in [-0.3, -0.25) is 9.59 Å². The number of amides is 2. The number of anilines is 2. The average molecular weight is 416 g/mol. The number of aliphatic imine (C=N–C) groups is 1. The van der Waals surface area contributed by atoms with Crippen LogP contribution < -0.4 is 10.2 Å². The molecule has 0 saturated carbocycles. The number of benzene rings is 2. The Bertz CT molecular complexity index is 1180. The number of likely N-dealkylation sites (N-methyl/N-ethyl adjacent to an activating group) is 1. The Kier molecular flexibility index (Phi) is 4.71. The van der Waals surface area contributed by atoms with Crippen LogP contribution in [-0.2, 0) is 17.6 Å². The number of hydrogen-bond acceptors (Lipinski definition) is 4. The van der Waals surface area contributed by atoms with E-state index in [-0.39, 0.29) is 11.8 Å². The van der Waals surface area contributed by atoms with Gasteiger partial charge in [-0.05, 0) is 49.4 Å². The van der Waals surface area contributed by atoms with Crippen molar-refractivity contribution in [2.24, 2.45) is 4.99 Å². The van der Waals surface area contributed by atoms with Gasteiger partial charge in [0.15, 0.2) is 0 Å². The van der Waals surface area contributed by atoms with E-state index in [1.54, 1.807) is 23.3 Å². The van der Waals surface area contributed by atoms with Gasteiger partial charge in [0.25, 0.3) is 11.8 Å². The predicted octanol–water partition coefficient (Wildman–Crippen LogP) is 4.98. The van der Waals surface area contributed by atoms with E-state index in [1.807, 2.05) is 54.6 Å². The summed E-state index contributed by atoms with van der Waals surface area (Å²) in [4.78, 5) is 33.8. The van der Waals surface area contributed by atoms with Gasteiger partial charge in [0.05, 0.1) is 11.3 Å². The molecule has 0 saturated heterocycles. The number of thiophene rings is 1. The van der Waals surface area contributed by atoms with E-state index in [0.717, 1.165) is 48.2 Å². The maximum absolute atomic E-state index is 13.3. The molecule has 30 heavy (non-hydrogen) atoms. The van der Waals surface area contributed by atoms with Crippen molar-refractivity contribution < 1.29 is 9.59 Å². The van der Waals surface area contributed by atoms with Gasteiger partial charge < -0.3 is 10.2 Å². The molecule has 2 aromatic carbocycles. The largest absolute Gasteiger partial charge is 0.322 e. The molecule has 2 heterocycles. The van der Waals surface area contributed by atoms with Gasteiger partial charge in [0.2, 0.25) is 0 Å². The Morgan fingerprint density at radius 2 is 1.77 bits per heavy atom. The molecule has 6 heteroatoms. The standard InChI is InChI=1S/C24H21N3O2S/c1-27-18-13-7-5-11-16(18)21(24(27)29)26-23-20(17-12-6-8-14-19(17)30-23)22(28)25-15-9-3-2-4-10-15/h2-5,7,9-11,13H,6,8,12,14H2,1H3,(H,25,28). The van der Waals surface area contributed by atoms with Crippen molar-refractivity contribution >= 4 is 45.2 Å². The van der Waals surface area contributed by atoms with Crippen molar-refractivity contribution in [1.29, 1.82) is 0 Å². The van der Waals surface area contributed by atoms with E-state index in [4.69, 9.17) is 4.99 Å². The number of para-hydroxylation sites is 2. The first-order valence-corrected chi connectivity index (χ1v) is 10.9. The average Bonchev–Trinajstić information content (AvgIpc) is 3.25. The number of aryl methyl sites for hydroxylation is 1. The van der Waals surface area contributed by atoms with E-state index in [1.165, 1.54) is 4.88 Å². The zero-order valence-corrected chi connectivity index (χ0v) is 17.5. The molecule has 1 aromatic heterocycles. The van der Waals surface area contributed by atoms with Gasteiger partial charge in [0, 0.05) is 23.2 Å². The highest BCUT2D eigenvalue weighted by molar-refractivity contribution is 7.16. The SMILES string of the molecule is CN1C(=O)C(=Nc2sc3c(c2C(=O)Nc2ccccc2)CCCC3)c2ccccc21. The first-order valence-electron chi connectivity index (χ1n) is 10.1. The van der Waals surface area contributed by atoms with Crippen molar-refractivity contribution in [3.63, 3.8) is 0 Å². The van der Waals surface area contributed by atoms with Crippen LogP contribution in [0.5, 0.6) is 0 Å². The molecule has 3 aromatic rings. The van der Waals surface area contributed by atoms with E-state index < -0.39 is 0 Å². The maximum atomic E-state index is 13.3. The maximum Gasteiger partial charge on any atom is 0.277 e. The molecule has 0 fully saturated rings. The lowest BCUT2D eigenvalue weighted by atomic mass is 9.95. The molecule has 5 nitrogen and oxygen atoms in total. The first-order chi connectivity index (χ1) is 14.6. The fraction of sp³-hybridized carbons (Fsp3) is 0.208. The third-order valence-corrected chi connectivity index (χ3v) is 6.84. The molecule has 0 bridgehead atoms. The summed E-state index contributed by atoms with van der Waals surface area (Å²) in [5.74, 6) is -0.302. The monoisotopic (exact) mass is 415 g/mol. The van der Waals surface area contributed by atoms with Crippen LogP contribution in [0, 0.1) is 0 Å². The predicted molar refractivity (Wildman–Crippen MR) is 121 cm³/mol. The van der Waals surface area contributed by atoms with E-state index in [9.17, 15) is 9.59 Å². The summed E-state index contributed by atoms with van der Waals surface area (Å²) in [7, 11) is 1.76. The smallest absolute Gasteiger partial charge is 0.277 e. The second kappa shape index (κ2) is 7.54. The summed E-state index contributed by atoms with van der Waals surface area (Å²) in [6, 6.07) is 17.1. The fourth-order valence-electron chi connectivity index (χ4n) is 4.14. The number of nitrogens with one attached hydrogen (secondary N) is 1. The third-order valence-electron chi connectivity index (χ3n) is 5.65. The Labute approximate surface area is 179 Å². The molecule has 2 aliphatic rings. The highest BCUT2D eigenvalue weighted by Gasteiger charge is 2.33. The second-order valence-electron chi connectivity index (χ2n) is 7.55. The zero-order valence-electron chi connectivity index (χ0n) is 16.6. The van der Waals surface area contributed by atoms with Crippen molar-refractivity contribution in [2.45, 2.75) is 25.7 Å². The molecule has 1 aliphatic heterocycles. The fourth-order valence-corrected chi connectivity index (χ4v) is 5.40. The second-order valence-corrected chi connectivity index (χ2v) is 8.64. The summed E-state index contributed by atoms with van der Waals surface area (Å²) in [6.45, 7) is 0. The number of hydrogen-bond donors (Lipinski definition) is 1. The minimum atomic E-state index is -0.160. The molecular formula is C24H21N3O2S. The van der Waals surface area contributed by atoms with Gasteiger partial charge in [0.1, 0.15) is 10.7 Å². The highest BCUT2D eigenvalue weighted by atomic mass is 32.1. The van der Waals surface area contributed by atoms with Crippen LogP contribution in [0.3, 0.4) is 0 Å². The zero-order chi connectivity index (χ0) is 20.7. The quantitative estimate of drug-likeness (QED) is 0.656. The van der Waals surface area contributed by atoms with Gasteiger partial charge in [-0.15, -0.1) is 11.3 Å². The minimum absolute atomic E-state index is 0.142. The highest BCUT2D eigenvalue weighted by Crippen LogP contribution is 2.41. The Balaban J connectivity index is 1.61. The molecule has 0 radical (unpaired) electrons. The summed E-state index contributed by atoms with van der Waals surface area (Å²) >= 11 is 1.55. The molecular weight excluding hydrogens is 394 g/mol. The van der Waals surface area contributed by atoms with Gasteiger partial charge >= 0.3 is 0 Å². The number of rotatable bonds is 3. The van der Waals surface area contributed by atoms with Gasteiger partial charge in [-0.25, -0.2) is 4.99 Å². The van der Waals surface area contributed by atoms with Crippen LogP contribution in [-0.4, -0.2) is 24.6 Å². The molecule has 1 N–H and O–H groups in total. The van der Waals surface area contributed by atoms with E-state index in [2.05, 4.69) is 5.32 Å².